The van der Waals surface area contributed by atoms with Crippen LogP contribution in [-0.2, 0) is 6.42 Å². The molecule has 1 saturated carbocycles. The monoisotopic (exact) mass is 306 g/mol. The number of aryl methyl sites for hydroxylation is 1. The van der Waals surface area contributed by atoms with Gasteiger partial charge in [-0.3, -0.25) is 0 Å². The maximum atomic E-state index is 9.41. The van der Waals surface area contributed by atoms with Gasteiger partial charge in [-0.1, -0.05) is 19.9 Å². The Morgan fingerprint density at radius 2 is 2.00 bits per heavy atom. The molecule has 3 heteroatoms. The lowest BCUT2D eigenvalue weighted by Crippen LogP contribution is -2.38. The number of rotatable bonds is 8. The molecule has 2 rings (SSSR count). The molecule has 3 nitrogen and oxygen atoms in total. The van der Waals surface area contributed by atoms with Crippen molar-refractivity contribution in [2.45, 2.75) is 59.5 Å². The Morgan fingerprint density at radius 1 is 1.27 bits per heavy atom. The predicted octanol–water partition coefficient (Wildman–Crippen LogP) is 4.21. The van der Waals surface area contributed by atoms with Crippen molar-refractivity contribution < 1.29 is 14.6 Å². The van der Waals surface area contributed by atoms with E-state index in [1.165, 1.54) is 18.4 Å². The SMILES string of the molecule is CCOc1cc(CCC(C)O)ccc1OCC1(C)CC(C)C1. The first-order valence-electron chi connectivity index (χ1n) is 8.48. The van der Waals surface area contributed by atoms with E-state index in [9.17, 15) is 5.11 Å². The van der Waals surface area contributed by atoms with Crippen LogP contribution in [0.1, 0.15) is 52.5 Å². The minimum Gasteiger partial charge on any atom is -0.490 e. The molecule has 1 unspecified atom stereocenters. The normalized spacial score (nSPS) is 25.4. The molecule has 0 bridgehead atoms. The summed E-state index contributed by atoms with van der Waals surface area (Å²) < 4.78 is 11.8. The van der Waals surface area contributed by atoms with E-state index in [1.54, 1.807) is 0 Å². The lowest BCUT2D eigenvalue weighted by atomic mass is 9.64. The summed E-state index contributed by atoms with van der Waals surface area (Å²) >= 11 is 0. The van der Waals surface area contributed by atoms with Crippen molar-refractivity contribution in [1.29, 1.82) is 0 Å². The summed E-state index contributed by atoms with van der Waals surface area (Å²) in [5.41, 5.74) is 1.49. The summed E-state index contributed by atoms with van der Waals surface area (Å²) in [4.78, 5) is 0. The molecular formula is C19H30O3. The topological polar surface area (TPSA) is 38.7 Å². The van der Waals surface area contributed by atoms with Crippen LogP contribution in [0.2, 0.25) is 0 Å². The number of hydrogen-bond donors (Lipinski definition) is 1. The quantitative estimate of drug-likeness (QED) is 0.782. The fourth-order valence-electron chi connectivity index (χ4n) is 3.46. The average molecular weight is 306 g/mol. The van der Waals surface area contributed by atoms with E-state index in [2.05, 4.69) is 19.9 Å². The maximum absolute atomic E-state index is 9.41. The Labute approximate surface area is 134 Å². The van der Waals surface area contributed by atoms with Crippen LogP contribution in [-0.4, -0.2) is 24.4 Å². The van der Waals surface area contributed by atoms with E-state index in [0.29, 0.717) is 12.0 Å². The summed E-state index contributed by atoms with van der Waals surface area (Å²) in [6, 6.07) is 6.13. The van der Waals surface area contributed by atoms with Gasteiger partial charge in [-0.15, -0.1) is 0 Å². The second-order valence-electron chi connectivity index (χ2n) is 7.21. The molecule has 1 N–H and O–H groups in total. The highest BCUT2D eigenvalue weighted by molar-refractivity contribution is 5.43. The van der Waals surface area contributed by atoms with Gasteiger partial charge < -0.3 is 14.6 Å². The summed E-state index contributed by atoms with van der Waals surface area (Å²) in [5.74, 6) is 2.48. The van der Waals surface area contributed by atoms with E-state index in [4.69, 9.17) is 9.47 Å². The molecule has 1 atom stereocenters. The van der Waals surface area contributed by atoms with Crippen molar-refractivity contribution in [3.63, 3.8) is 0 Å². The van der Waals surface area contributed by atoms with E-state index >= 15 is 0 Å². The Kier molecular flexibility index (Phi) is 5.74. The third-order valence-electron chi connectivity index (χ3n) is 4.42. The molecule has 22 heavy (non-hydrogen) atoms. The number of ether oxygens (including phenoxy) is 2. The molecule has 0 saturated heterocycles. The Morgan fingerprint density at radius 3 is 2.59 bits per heavy atom. The van der Waals surface area contributed by atoms with Crippen molar-refractivity contribution in [1.82, 2.24) is 0 Å². The van der Waals surface area contributed by atoms with Crippen LogP contribution in [0, 0.1) is 11.3 Å². The molecule has 0 aliphatic heterocycles. The van der Waals surface area contributed by atoms with E-state index in [0.717, 1.165) is 36.9 Å². The smallest absolute Gasteiger partial charge is 0.161 e. The van der Waals surface area contributed by atoms with Crippen molar-refractivity contribution in [2.75, 3.05) is 13.2 Å². The third kappa shape index (κ3) is 4.64. The molecule has 1 aromatic carbocycles. The fraction of sp³-hybridized carbons (Fsp3) is 0.684. The first-order valence-corrected chi connectivity index (χ1v) is 8.48. The van der Waals surface area contributed by atoms with Crippen molar-refractivity contribution in [3.8, 4) is 11.5 Å². The van der Waals surface area contributed by atoms with Crippen LogP contribution in [0.25, 0.3) is 0 Å². The summed E-state index contributed by atoms with van der Waals surface area (Å²) in [5, 5.41) is 9.41. The summed E-state index contributed by atoms with van der Waals surface area (Å²) in [6.45, 7) is 9.78. The van der Waals surface area contributed by atoms with Gasteiger partial charge in [-0.25, -0.2) is 0 Å². The first kappa shape index (κ1) is 17.1. The van der Waals surface area contributed by atoms with Gasteiger partial charge in [-0.05, 0) is 63.1 Å². The number of benzene rings is 1. The molecule has 0 aromatic heterocycles. The van der Waals surface area contributed by atoms with Gasteiger partial charge >= 0.3 is 0 Å². The van der Waals surface area contributed by atoms with Gasteiger partial charge in [0, 0.05) is 5.41 Å². The zero-order valence-corrected chi connectivity index (χ0v) is 14.4. The number of aliphatic hydroxyl groups excluding tert-OH is 1. The molecule has 0 amide bonds. The van der Waals surface area contributed by atoms with Gasteiger partial charge in [-0.2, -0.15) is 0 Å². The van der Waals surface area contributed by atoms with Crippen LogP contribution < -0.4 is 9.47 Å². The third-order valence-corrected chi connectivity index (χ3v) is 4.42. The molecular weight excluding hydrogens is 276 g/mol. The summed E-state index contributed by atoms with van der Waals surface area (Å²) in [7, 11) is 0. The highest BCUT2D eigenvalue weighted by Gasteiger charge is 2.38. The second-order valence-corrected chi connectivity index (χ2v) is 7.21. The Balaban J connectivity index is 2.00. The van der Waals surface area contributed by atoms with E-state index < -0.39 is 0 Å². The number of aliphatic hydroxyl groups is 1. The predicted molar refractivity (Wildman–Crippen MR) is 89.6 cm³/mol. The Bertz CT molecular complexity index is 476. The average Bonchev–Trinajstić information content (AvgIpc) is 2.43. The van der Waals surface area contributed by atoms with Crippen molar-refractivity contribution >= 4 is 0 Å². The molecule has 0 radical (unpaired) electrons. The van der Waals surface area contributed by atoms with Gasteiger partial charge in [0.25, 0.3) is 0 Å². The molecule has 124 valence electrons. The molecule has 0 heterocycles. The van der Waals surface area contributed by atoms with Crippen molar-refractivity contribution in [2.24, 2.45) is 11.3 Å². The molecule has 0 spiro atoms. The van der Waals surface area contributed by atoms with Gasteiger partial charge in [0.1, 0.15) is 0 Å². The lowest BCUT2D eigenvalue weighted by molar-refractivity contribution is 0.0295. The van der Waals surface area contributed by atoms with Crippen LogP contribution in [0.3, 0.4) is 0 Å². The molecule has 1 aromatic rings. The fourth-order valence-corrected chi connectivity index (χ4v) is 3.46. The second kappa shape index (κ2) is 7.36. The van der Waals surface area contributed by atoms with Gasteiger partial charge in [0.05, 0.1) is 19.3 Å². The summed E-state index contributed by atoms with van der Waals surface area (Å²) in [6.07, 6.45) is 3.83. The van der Waals surface area contributed by atoms with E-state index in [-0.39, 0.29) is 6.10 Å². The van der Waals surface area contributed by atoms with Crippen molar-refractivity contribution in [3.05, 3.63) is 23.8 Å². The van der Waals surface area contributed by atoms with Crippen LogP contribution in [0.5, 0.6) is 11.5 Å². The van der Waals surface area contributed by atoms with Crippen LogP contribution in [0.4, 0.5) is 0 Å². The largest absolute Gasteiger partial charge is 0.490 e. The van der Waals surface area contributed by atoms with Gasteiger partial charge in [0.15, 0.2) is 11.5 Å². The van der Waals surface area contributed by atoms with Gasteiger partial charge in [0.2, 0.25) is 0 Å². The minimum absolute atomic E-state index is 0.271. The van der Waals surface area contributed by atoms with Crippen LogP contribution >= 0.6 is 0 Å². The minimum atomic E-state index is -0.271. The zero-order valence-electron chi connectivity index (χ0n) is 14.4. The first-order chi connectivity index (χ1) is 10.4. The molecule has 1 aliphatic carbocycles. The number of hydrogen-bond acceptors (Lipinski definition) is 3. The standard InChI is InChI=1S/C19H30O3/c1-5-21-18-10-16(7-6-15(3)20)8-9-17(18)22-13-19(4)11-14(2)12-19/h8-10,14-15,20H,5-7,11-13H2,1-4H3. The van der Waals surface area contributed by atoms with Crippen LogP contribution in [0.15, 0.2) is 18.2 Å². The maximum Gasteiger partial charge on any atom is 0.161 e. The highest BCUT2D eigenvalue weighted by Crippen LogP contribution is 2.45. The van der Waals surface area contributed by atoms with E-state index in [1.807, 2.05) is 26.0 Å². The highest BCUT2D eigenvalue weighted by atomic mass is 16.5. The zero-order chi connectivity index (χ0) is 16.2. The molecule has 1 aliphatic rings. The molecule has 1 fully saturated rings. The Hall–Kier alpha value is -1.22. The lowest BCUT2D eigenvalue weighted by Gasteiger charge is -2.43.